The van der Waals surface area contributed by atoms with E-state index >= 15 is 0 Å². The zero-order valence-electron chi connectivity index (χ0n) is 16.0. The summed E-state index contributed by atoms with van der Waals surface area (Å²) < 4.78 is 0. The van der Waals surface area contributed by atoms with Gasteiger partial charge in [0, 0.05) is 31.4 Å². The van der Waals surface area contributed by atoms with E-state index in [-0.39, 0.29) is 5.91 Å². The molecule has 0 spiro atoms. The molecule has 0 radical (unpaired) electrons. The summed E-state index contributed by atoms with van der Waals surface area (Å²) in [5.41, 5.74) is 1.75. The molecule has 8 heteroatoms. The van der Waals surface area contributed by atoms with E-state index in [2.05, 4.69) is 24.0 Å². The Morgan fingerprint density at radius 1 is 1.30 bits per heavy atom. The van der Waals surface area contributed by atoms with Crippen LogP contribution in [-0.4, -0.2) is 76.6 Å². The maximum Gasteiger partial charge on any atom is 0.328 e. The molecule has 2 heterocycles. The van der Waals surface area contributed by atoms with Crippen LogP contribution in [0.1, 0.15) is 29.4 Å². The Labute approximate surface area is 159 Å². The monoisotopic (exact) mass is 377 g/mol. The SMILES string of the molecule is CCN1CC(CCN(C)C)Cc2ncccc2C1=O.O=C(O)/C=C/C(=O)O. The first-order valence-electron chi connectivity index (χ1n) is 8.76. The number of carboxylic acid groups (broad SMARTS) is 2. The van der Waals surface area contributed by atoms with E-state index < -0.39 is 11.9 Å². The number of nitrogens with zero attached hydrogens (tertiary/aromatic N) is 3. The first kappa shape index (κ1) is 22.3. The van der Waals surface area contributed by atoms with Crippen LogP contribution in [0.4, 0.5) is 0 Å². The number of rotatable bonds is 6. The second-order valence-electron chi connectivity index (χ2n) is 6.51. The molecule has 1 aromatic rings. The summed E-state index contributed by atoms with van der Waals surface area (Å²) in [6.07, 6.45) is 4.92. The third-order valence-electron chi connectivity index (χ3n) is 4.10. The molecule has 0 saturated carbocycles. The number of carbonyl (C=O) groups excluding carboxylic acids is 1. The van der Waals surface area contributed by atoms with E-state index in [1.54, 1.807) is 6.20 Å². The normalized spacial score (nSPS) is 16.5. The molecular formula is C19H27N3O5. The average Bonchev–Trinajstić information content (AvgIpc) is 2.75. The van der Waals surface area contributed by atoms with E-state index in [4.69, 9.17) is 10.2 Å². The van der Waals surface area contributed by atoms with Crippen molar-refractivity contribution in [3.05, 3.63) is 41.7 Å². The molecule has 1 atom stereocenters. The fourth-order valence-corrected chi connectivity index (χ4v) is 2.75. The third kappa shape index (κ3) is 8.00. The summed E-state index contributed by atoms with van der Waals surface area (Å²) in [7, 11) is 4.18. The fraction of sp³-hybridized carbons (Fsp3) is 0.474. The summed E-state index contributed by atoms with van der Waals surface area (Å²) in [4.78, 5) is 40.1. The number of carboxylic acids is 2. The molecule has 1 aliphatic rings. The first-order valence-corrected chi connectivity index (χ1v) is 8.76. The van der Waals surface area contributed by atoms with E-state index in [0.717, 1.165) is 43.7 Å². The summed E-state index contributed by atoms with van der Waals surface area (Å²) >= 11 is 0. The molecule has 2 N–H and O–H groups in total. The number of hydrogen-bond acceptors (Lipinski definition) is 5. The predicted octanol–water partition coefficient (Wildman–Crippen LogP) is 1.38. The fourth-order valence-electron chi connectivity index (χ4n) is 2.75. The smallest absolute Gasteiger partial charge is 0.328 e. The van der Waals surface area contributed by atoms with Crippen molar-refractivity contribution in [1.82, 2.24) is 14.8 Å². The predicted molar refractivity (Wildman–Crippen MR) is 101 cm³/mol. The Balaban J connectivity index is 0.000000387. The topological polar surface area (TPSA) is 111 Å². The van der Waals surface area contributed by atoms with Crippen LogP contribution in [0, 0.1) is 5.92 Å². The molecule has 0 aliphatic carbocycles. The Bertz CT molecular complexity index is 672. The van der Waals surface area contributed by atoms with Crippen LogP contribution in [0.5, 0.6) is 0 Å². The lowest BCUT2D eigenvalue weighted by atomic mass is 9.98. The third-order valence-corrected chi connectivity index (χ3v) is 4.10. The molecule has 0 bridgehead atoms. The van der Waals surface area contributed by atoms with Crippen LogP contribution in [0.25, 0.3) is 0 Å². The van der Waals surface area contributed by atoms with Gasteiger partial charge in [-0.2, -0.15) is 0 Å². The minimum Gasteiger partial charge on any atom is -0.478 e. The molecule has 27 heavy (non-hydrogen) atoms. The molecule has 148 valence electrons. The largest absolute Gasteiger partial charge is 0.478 e. The maximum atomic E-state index is 12.4. The van der Waals surface area contributed by atoms with Gasteiger partial charge in [-0.05, 0) is 58.5 Å². The van der Waals surface area contributed by atoms with Gasteiger partial charge in [0.1, 0.15) is 0 Å². The minimum absolute atomic E-state index is 0.137. The van der Waals surface area contributed by atoms with Crippen molar-refractivity contribution >= 4 is 17.8 Å². The summed E-state index contributed by atoms with van der Waals surface area (Å²) in [6.45, 7) is 4.71. The van der Waals surface area contributed by atoms with Crippen LogP contribution < -0.4 is 0 Å². The number of fused-ring (bicyclic) bond motifs is 1. The van der Waals surface area contributed by atoms with Gasteiger partial charge >= 0.3 is 11.9 Å². The quantitative estimate of drug-likeness (QED) is 0.721. The van der Waals surface area contributed by atoms with Crippen LogP contribution in [0.15, 0.2) is 30.5 Å². The number of carbonyl (C=O) groups is 3. The zero-order chi connectivity index (χ0) is 20.4. The molecule has 1 amide bonds. The van der Waals surface area contributed by atoms with Crippen molar-refractivity contribution in [2.45, 2.75) is 19.8 Å². The lowest BCUT2D eigenvalue weighted by Crippen LogP contribution is -2.34. The standard InChI is InChI=1S/C15H23N3O.C4H4O4/c1-4-18-11-12(7-9-17(2)3)10-14-13(15(18)19)6-5-8-16-14;5-3(6)1-2-4(7)8/h5-6,8,12H,4,7,9-11H2,1-3H3;1-2H,(H,5,6)(H,7,8)/b;2-1+. The molecule has 1 unspecified atom stereocenters. The van der Waals surface area contributed by atoms with Crippen molar-refractivity contribution in [1.29, 1.82) is 0 Å². The van der Waals surface area contributed by atoms with Gasteiger partial charge in [0.15, 0.2) is 0 Å². The molecule has 0 fully saturated rings. The highest BCUT2D eigenvalue weighted by atomic mass is 16.4. The molecular weight excluding hydrogens is 350 g/mol. The molecule has 1 aromatic heterocycles. The Morgan fingerprint density at radius 2 is 1.93 bits per heavy atom. The van der Waals surface area contributed by atoms with E-state index in [1.165, 1.54) is 0 Å². The Morgan fingerprint density at radius 3 is 2.44 bits per heavy atom. The van der Waals surface area contributed by atoms with Crippen molar-refractivity contribution in [2.75, 3.05) is 33.7 Å². The van der Waals surface area contributed by atoms with Gasteiger partial charge in [0.25, 0.3) is 5.91 Å². The van der Waals surface area contributed by atoms with Crippen LogP contribution in [-0.2, 0) is 16.0 Å². The highest BCUT2D eigenvalue weighted by Crippen LogP contribution is 2.22. The van der Waals surface area contributed by atoms with Gasteiger partial charge in [0.2, 0.25) is 0 Å². The number of aliphatic carboxylic acids is 2. The highest BCUT2D eigenvalue weighted by Gasteiger charge is 2.27. The minimum atomic E-state index is -1.26. The van der Waals surface area contributed by atoms with Gasteiger partial charge < -0.3 is 20.0 Å². The Hall–Kier alpha value is -2.74. The van der Waals surface area contributed by atoms with Gasteiger partial charge in [-0.3, -0.25) is 9.78 Å². The highest BCUT2D eigenvalue weighted by molar-refractivity contribution is 5.95. The zero-order valence-corrected chi connectivity index (χ0v) is 16.0. The number of aromatic nitrogens is 1. The molecule has 1 aliphatic heterocycles. The first-order chi connectivity index (χ1) is 12.7. The van der Waals surface area contributed by atoms with Crippen LogP contribution in [0.3, 0.4) is 0 Å². The summed E-state index contributed by atoms with van der Waals surface area (Å²) in [5.74, 6) is -1.87. The van der Waals surface area contributed by atoms with Crippen LogP contribution >= 0.6 is 0 Å². The van der Waals surface area contributed by atoms with Crippen molar-refractivity contribution < 1.29 is 24.6 Å². The number of amides is 1. The second kappa shape index (κ2) is 11.1. The lowest BCUT2D eigenvalue weighted by molar-refractivity contribution is -0.134. The maximum absolute atomic E-state index is 12.4. The Kier molecular flexibility index (Phi) is 9.15. The van der Waals surface area contributed by atoms with E-state index in [9.17, 15) is 14.4 Å². The lowest BCUT2D eigenvalue weighted by Gasteiger charge is -2.24. The van der Waals surface area contributed by atoms with Crippen molar-refractivity contribution in [2.24, 2.45) is 5.92 Å². The van der Waals surface area contributed by atoms with Crippen molar-refractivity contribution in [3.8, 4) is 0 Å². The molecule has 0 saturated heterocycles. The van der Waals surface area contributed by atoms with Crippen LogP contribution in [0.2, 0.25) is 0 Å². The molecule has 2 rings (SSSR count). The number of hydrogen-bond donors (Lipinski definition) is 2. The van der Waals surface area contributed by atoms with Gasteiger partial charge in [-0.1, -0.05) is 0 Å². The van der Waals surface area contributed by atoms with E-state index in [0.29, 0.717) is 18.1 Å². The van der Waals surface area contributed by atoms with Gasteiger partial charge in [0.05, 0.1) is 11.3 Å². The number of pyridine rings is 1. The molecule has 0 aromatic carbocycles. The summed E-state index contributed by atoms with van der Waals surface area (Å²) in [6, 6.07) is 3.76. The van der Waals surface area contributed by atoms with Gasteiger partial charge in [-0.15, -0.1) is 0 Å². The average molecular weight is 377 g/mol. The van der Waals surface area contributed by atoms with Gasteiger partial charge in [-0.25, -0.2) is 9.59 Å². The second-order valence-corrected chi connectivity index (χ2v) is 6.51. The molecule has 8 nitrogen and oxygen atoms in total. The summed E-state index contributed by atoms with van der Waals surface area (Å²) in [5, 5.41) is 15.6. The van der Waals surface area contributed by atoms with E-state index in [1.807, 2.05) is 24.0 Å². The van der Waals surface area contributed by atoms with Crippen molar-refractivity contribution in [3.63, 3.8) is 0 Å².